The molecule has 1 aliphatic rings. The Morgan fingerprint density at radius 2 is 1.77 bits per heavy atom. The second-order valence-electron chi connectivity index (χ2n) is 7.07. The third-order valence-electron chi connectivity index (χ3n) is 5.12. The van der Waals surface area contributed by atoms with Crippen molar-refractivity contribution >= 4 is 5.91 Å². The van der Waals surface area contributed by atoms with Crippen LogP contribution in [0, 0.1) is 6.92 Å². The van der Waals surface area contributed by atoms with E-state index in [-0.39, 0.29) is 18.6 Å². The Labute approximate surface area is 156 Å². The van der Waals surface area contributed by atoms with Gasteiger partial charge in [-0.25, -0.2) is 0 Å². The number of rotatable bonds is 6. The summed E-state index contributed by atoms with van der Waals surface area (Å²) < 4.78 is 5.56. The van der Waals surface area contributed by atoms with Crippen molar-refractivity contribution in [2.24, 2.45) is 0 Å². The van der Waals surface area contributed by atoms with Crippen LogP contribution in [0.25, 0.3) is 0 Å². The number of aryl methyl sites for hydroxylation is 1. The van der Waals surface area contributed by atoms with Gasteiger partial charge in [0, 0.05) is 25.2 Å². The summed E-state index contributed by atoms with van der Waals surface area (Å²) in [5, 5.41) is 3.11. The van der Waals surface area contributed by atoms with Crippen LogP contribution in [0.2, 0.25) is 0 Å². The average Bonchev–Trinajstić information content (AvgIpc) is 2.68. The molecule has 1 aliphatic heterocycles. The van der Waals surface area contributed by atoms with Gasteiger partial charge in [0.2, 0.25) is 0 Å². The first-order valence-electron chi connectivity index (χ1n) is 9.39. The quantitative estimate of drug-likeness (QED) is 0.862. The van der Waals surface area contributed by atoms with E-state index in [0.717, 1.165) is 31.7 Å². The molecule has 1 amide bonds. The molecule has 1 fully saturated rings. The normalized spacial score (nSPS) is 16.8. The maximum Gasteiger partial charge on any atom is 0.258 e. The van der Waals surface area contributed by atoms with Crippen LogP contribution < -0.4 is 10.1 Å². The van der Waals surface area contributed by atoms with Gasteiger partial charge in [-0.05, 0) is 44.4 Å². The van der Waals surface area contributed by atoms with Crippen molar-refractivity contribution in [2.75, 3.05) is 19.7 Å². The lowest BCUT2D eigenvalue weighted by Crippen LogP contribution is -2.46. The second-order valence-corrected chi connectivity index (χ2v) is 7.07. The van der Waals surface area contributed by atoms with Gasteiger partial charge >= 0.3 is 0 Å². The molecule has 0 aromatic heterocycles. The van der Waals surface area contributed by atoms with Crippen LogP contribution >= 0.6 is 0 Å². The van der Waals surface area contributed by atoms with Gasteiger partial charge in [0.15, 0.2) is 6.61 Å². The number of hydrogen-bond donors (Lipinski definition) is 1. The van der Waals surface area contributed by atoms with Crippen molar-refractivity contribution in [1.82, 2.24) is 10.2 Å². The smallest absolute Gasteiger partial charge is 0.258 e. The van der Waals surface area contributed by atoms with Crippen molar-refractivity contribution in [2.45, 2.75) is 38.8 Å². The van der Waals surface area contributed by atoms with Crippen molar-refractivity contribution < 1.29 is 9.53 Å². The van der Waals surface area contributed by atoms with Crippen LogP contribution in [0.15, 0.2) is 54.6 Å². The molecule has 0 unspecified atom stereocenters. The molecule has 138 valence electrons. The van der Waals surface area contributed by atoms with E-state index in [0.29, 0.717) is 6.04 Å². The monoisotopic (exact) mass is 352 g/mol. The van der Waals surface area contributed by atoms with Gasteiger partial charge < -0.3 is 10.1 Å². The molecular weight excluding hydrogens is 324 g/mol. The predicted octanol–water partition coefficient (Wildman–Crippen LogP) is 3.72. The van der Waals surface area contributed by atoms with Crippen molar-refractivity contribution in [1.29, 1.82) is 0 Å². The molecule has 3 rings (SSSR count). The summed E-state index contributed by atoms with van der Waals surface area (Å²) in [4.78, 5) is 14.6. The van der Waals surface area contributed by atoms with Gasteiger partial charge in [-0.3, -0.25) is 9.69 Å². The Kier molecular flexibility index (Phi) is 6.29. The molecule has 2 aromatic carbocycles. The lowest BCUT2D eigenvalue weighted by atomic mass is 10.00. The largest absolute Gasteiger partial charge is 0.484 e. The fraction of sp³-hybridized carbons (Fsp3) is 0.409. The van der Waals surface area contributed by atoms with E-state index < -0.39 is 0 Å². The molecule has 26 heavy (non-hydrogen) atoms. The third kappa shape index (κ3) is 5.09. The van der Waals surface area contributed by atoms with E-state index in [1.54, 1.807) is 0 Å². The number of ether oxygens (including phenoxy) is 1. The van der Waals surface area contributed by atoms with Crippen molar-refractivity contribution in [3.8, 4) is 5.75 Å². The molecule has 0 aliphatic carbocycles. The van der Waals surface area contributed by atoms with Gasteiger partial charge in [0.1, 0.15) is 5.75 Å². The summed E-state index contributed by atoms with van der Waals surface area (Å²) in [5.74, 6) is 0.692. The molecule has 0 radical (unpaired) electrons. The number of amides is 1. The average molecular weight is 352 g/mol. The third-order valence-corrected chi connectivity index (χ3v) is 5.12. The SMILES string of the molecule is Cc1ccc(OCC(=O)NC2CCN([C@H](C)c3ccccc3)CC2)cc1. The van der Waals surface area contributed by atoms with E-state index in [1.807, 2.05) is 31.2 Å². The lowest BCUT2D eigenvalue weighted by Gasteiger charge is -2.36. The Morgan fingerprint density at radius 3 is 2.42 bits per heavy atom. The zero-order chi connectivity index (χ0) is 18.4. The molecule has 0 bridgehead atoms. The first-order valence-corrected chi connectivity index (χ1v) is 9.39. The van der Waals surface area contributed by atoms with Gasteiger partial charge in [-0.1, -0.05) is 48.0 Å². The topological polar surface area (TPSA) is 41.6 Å². The van der Waals surface area contributed by atoms with Gasteiger partial charge in [-0.2, -0.15) is 0 Å². The van der Waals surface area contributed by atoms with Crippen LogP contribution in [-0.2, 0) is 4.79 Å². The summed E-state index contributed by atoms with van der Waals surface area (Å²) >= 11 is 0. The minimum Gasteiger partial charge on any atom is -0.484 e. The highest BCUT2D eigenvalue weighted by molar-refractivity contribution is 5.77. The minimum absolute atomic E-state index is 0.0415. The number of likely N-dealkylation sites (tertiary alicyclic amines) is 1. The van der Waals surface area contributed by atoms with E-state index in [2.05, 4.69) is 47.5 Å². The Bertz CT molecular complexity index is 692. The maximum atomic E-state index is 12.1. The number of piperidine rings is 1. The molecule has 1 heterocycles. The lowest BCUT2D eigenvalue weighted by molar-refractivity contribution is -0.124. The number of carbonyl (C=O) groups excluding carboxylic acids is 1. The molecule has 1 N–H and O–H groups in total. The zero-order valence-electron chi connectivity index (χ0n) is 15.7. The van der Waals surface area contributed by atoms with Gasteiger partial charge in [-0.15, -0.1) is 0 Å². The van der Waals surface area contributed by atoms with E-state index >= 15 is 0 Å². The van der Waals surface area contributed by atoms with Gasteiger partial charge in [0.25, 0.3) is 5.91 Å². The highest BCUT2D eigenvalue weighted by Gasteiger charge is 2.24. The number of nitrogens with zero attached hydrogens (tertiary/aromatic N) is 1. The summed E-state index contributed by atoms with van der Waals surface area (Å²) in [6.45, 7) is 6.36. The van der Waals surface area contributed by atoms with Crippen LogP contribution in [0.5, 0.6) is 5.75 Å². The van der Waals surface area contributed by atoms with Crippen LogP contribution in [0.1, 0.15) is 36.9 Å². The molecule has 0 saturated carbocycles. The molecule has 1 saturated heterocycles. The van der Waals surface area contributed by atoms with E-state index in [9.17, 15) is 4.79 Å². The Hall–Kier alpha value is -2.33. The summed E-state index contributed by atoms with van der Waals surface area (Å²) in [6.07, 6.45) is 1.96. The maximum absolute atomic E-state index is 12.1. The number of hydrogen-bond acceptors (Lipinski definition) is 3. The first-order chi connectivity index (χ1) is 12.6. The molecule has 2 aromatic rings. The first kappa shape index (κ1) is 18.5. The van der Waals surface area contributed by atoms with E-state index in [4.69, 9.17) is 4.74 Å². The van der Waals surface area contributed by atoms with Crippen LogP contribution in [-0.4, -0.2) is 36.5 Å². The number of benzene rings is 2. The summed E-state index contributed by atoms with van der Waals surface area (Å²) in [6, 6.07) is 19.0. The summed E-state index contributed by atoms with van der Waals surface area (Å²) in [7, 11) is 0. The fourth-order valence-corrected chi connectivity index (χ4v) is 3.43. The second kappa shape index (κ2) is 8.86. The molecule has 1 atom stereocenters. The van der Waals surface area contributed by atoms with Crippen molar-refractivity contribution in [3.63, 3.8) is 0 Å². The molecule has 4 nitrogen and oxygen atoms in total. The molecular formula is C22H28N2O2. The van der Waals surface area contributed by atoms with Crippen LogP contribution in [0.4, 0.5) is 0 Å². The summed E-state index contributed by atoms with van der Waals surface area (Å²) in [5.41, 5.74) is 2.53. The number of nitrogens with one attached hydrogen (secondary N) is 1. The fourth-order valence-electron chi connectivity index (χ4n) is 3.43. The molecule has 0 spiro atoms. The highest BCUT2D eigenvalue weighted by atomic mass is 16.5. The standard InChI is InChI=1S/C22H28N2O2/c1-17-8-10-21(11-9-17)26-16-22(25)23-20-12-14-24(15-13-20)18(2)19-6-4-3-5-7-19/h3-11,18,20H,12-16H2,1-2H3,(H,23,25)/t18-/m1/s1. The zero-order valence-corrected chi connectivity index (χ0v) is 15.7. The number of carbonyl (C=O) groups is 1. The van der Waals surface area contributed by atoms with Crippen molar-refractivity contribution in [3.05, 3.63) is 65.7 Å². The van der Waals surface area contributed by atoms with Gasteiger partial charge in [0.05, 0.1) is 0 Å². The minimum atomic E-state index is -0.0415. The Morgan fingerprint density at radius 1 is 1.12 bits per heavy atom. The highest BCUT2D eigenvalue weighted by Crippen LogP contribution is 2.24. The van der Waals surface area contributed by atoms with Crippen LogP contribution in [0.3, 0.4) is 0 Å². The predicted molar refractivity (Wildman–Crippen MR) is 104 cm³/mol. The van der Waals surface area contributed by atoms with E-state index in [1.165, 1.54) is 11.1 Å². The molecule has 4 heteroatoms. The Balaban J connectivity index is 1.40.